The van der Waals surface area contributed by atoms with Crippen LogP contribution in [0.3, 0.4) is 0 Å². The maximum atomic E-state index is 12.4. The Morgan fingerprint density at radius 2 is 2.10 bits per heavy atom. The zero-order valence-corrected chi connectivity index (χ0v) is 17.0. The summed E-state index contributed by atoms with van der Waals surface area (Å²) >= 11 is 1.21. The molecule has 9 heteroatoms. The first-order chi connectivity index (χ1) is 14.4. The topological polar surface area (TPSA) is 122 Å². The summed E-state index contributed by atoms with van der Waals surface area (Å²) in [6, 6.07) is 9.63. The van der Waals surface area contributed by atoms with Crippen molar-refractivity contribution >= 4 is 34.7 Å². The minimum Gasteiger partial charge on any atom is -0.459 e. The van der Waals surface area contributed by atoms with Crippen LogP contribution in [0.2, 0.25) is 0 Å². The molecule has 1 aromatic carbocycles. The lowest BCUT2D eigenvalue weighted by molar-refractivity contribution is -0.122. The van der Waals surface area contributed by atoms with Gasteiger partial charge < -0.3 is 14.5 Å². The van der Waals surface area contributed by atoms with E-state index in [1.165, 1.54) is 35.8 Å². The van der Waals surface area contributed by atoms with Crippen molar-refractivity contribution in [1.82, 2.24) is 4.98 Å². The molecule has 2 aromatic heterocycles. The number of rotatable bonds is 7. The Morgan fingerprint density at radius 1 is 1.30 bits per heavy atom. The van der Waals surface area contributed by atoms with E-state index in [0.29, 0.717) is 16.4 Å². The van der Waals surface area contributed by atoms with Gasteiger partial charge in [0.2, 0.25) is 0 Å². The van der Waals surface area contributed by atoms with Crippen LogP contribution >= 0.6 is 11.3 Å². The van der Waals surface area contributed by atoms with Crippen molar-refractivity contribution in [1.29, 1.82) is 5.26 Å². The summed E-state index contributed by atoms with van der Waals surface area (Å²) in [7, 11) is 0. The van der Waals surface area contributed by atoms with Gasteiger partial charge >= 0.3 is 5.97 Å². The van der Waals surface area contributed by atoms with Crippen LogP contribution in [0, 0.1) is 25.2 Å². The molecule has 1 atom stereocenters. The van der Waals surface area contributed by atoms with Gasteiger partial charge in [-0.1, -0.05) is 6.07 Å². The predicted molar refractivity (Wildman–Crippen MR) is 108 cm³/mol. The maximum Gasteiger partial charge on any atom is 0.338 e. The van der Waals surface area contributed by atoms with Gasteiger partial charge in [0, 0.05) is 16.8 Å². The number of ether oxygens (including phenoxy) is 1. The highest BCUT2D eigenvalue weighted by Gasteiger charge is 2.25. The number of amides is 1. The lowest BCUT2D eigenvalue weighted by atomic mass is 10.1. The number of aryl methyl sites for hydroxylation is 2. The normalized spacial score (nSPS) is 11.4. The molecule has 0 bridgehead atoms. The van der Waals surface area contributed by atoms with Gasteiger partial charge in [0.05, 0.1) is 17.9 Å². The summed E-state index contributed by atoms with van der Waals surface area (Å²) in [5.41, 5.74) is 2.00. The lowest BCUT2D eigenvalue weighted by Gasteiger charge is -2.10. The second-order valence-electron chi connectivity index (χ2n) is 6.39. The molecular weight excluding hydrogens is 406 g/mol. The SMILES string of the molecule is Cc1csc(C(C#N)C(=O)COC(=O)c2ccc(C)c(NC(=O)c3ccco3)c2)n1. The minimum atomic E-state index is -1.09. The van der Waals surface area contributed by atoms with Gasteiger partial charge in [-0.15, -0.1) is 11.3 Å². The van der Waals surface area contributed by atoms with Crippen molar-refractivity contribution in [2.75, 3.05) is 11.9 Å². The first-order valence-electron chi connectivity index (χ1n) is 8.86. The van der Waals surface area contributed by atoms with E-state index in [0.717, 1.165) is 5.56 Å². The Balaban J connectivity index is 1.66. The monoisotopic (exact) mass is 423 g/mol. The fourth-order valence-corrected chi connectivity index (χ4v) is 3.41. The highest BCUT2D eigenvalue weighted by molar-refractivity contribution is 7.09. The average molecular weight is 423 g/mol. The smallest absolute Gasteiger partial charge is 0.338 e. The second-order valence-corrected chi connectivity index (χ2v) is 7.28. The third kappa shape index (κ3) is 4.79. The summed E-state index contributed by atoms with van der Waals surface area (Å²) in [6.45, 7) is 2.97. The molecule has 0 radical (unpaired) electrons. The summed E-state index contributed by atoms with van der Waals surface area (Å²) in [4.78, 5) is 41.0. The molecule has 0 fully saturated rings. The largest absolute Gasteiger partial charge is 0.459 e. The van der Waals surface area contributed by atoms with Crippen molar-refractivity contribution in [3.05, 3.63) is 69.6 Å². The number of esters is 1. The maximum absolute atomic E-state index is 12.4. The molecule has 2 heterocycles. The standard InChI is InChI=1S/C21H17N3O5S/c1-12-5-6-14(8-16(12)24-19(26)18-4-3-7-28-18)21(27)29-10-17(25)15(9-22)20-23-13(2)11-30-20/h3-8,11,15H,10H2,1-2H3,(H,24,26). The number of nitrogens with one attached hydrogen (secondary N) is 1. The van der Waals surface area contributed by atoms with Crippen LogP contribution in [0.5, 0.6) is 0 Å². The molecule has 0 aliphatic rings. The quantitative estimate of drug-likeness (QED) is 0.576. The number of carbonyl (C=O) groups excluding carboxylic acids is 3. The van der Waals surface area contributed by atoms with Crippen molar-refractivity contribution in [3.8, 4) is 6.07 Å². The molecule has 0 aliphatic carbocycles. The van der Waals surface area contributed by atoms with Gasteiger partial charge in [0.15, 0.2) is 24.1 Å². The number of nitriles is 1. The molecule has 0 spiro atoms. The number of hydrogen-bond donors (Lipinski definition) is 1. The predicted octanol–water partition coefficient (Wildman–Crippen LogP) is 3.64. The number of thiazole rings is 1. The van der Waals surface area contributed by atoms with E-state index in [1.807, 2.05) is 6.07 Å². The first kappa shape index (κ1) is 21.0. The van der Waals surface area contributed by atoms with Crippen molar-refractivity contribution in [2.45, 2.75) is 19.8 Å². The van der Waals surface area contributed by atoms with Crippen molar-refractivity contribution in [2.24, 2.45) is 0 Å². The van der Waals surface area contributed by atoms with Crippen LogP contribution in [-0.2, 0) is 9.53 Å². The molecule has 3 aromatic rings. The third-order valence-corrected chi connectivity index (χ3v) is 5.17. The fraction of sp³-hybridized carbons (Fsp3) is 0.190. The van der Waals surface area contributed by atoms with E-state index in [2.05, 4.69) is 10.3 Å². The Morgan fingerprint density at radius 3 is 2.73 bits per heavy atom. The number of carbonyl (C=O) groups is 3. The molecule has 1 amide bonds. The minimum absolute atomic E-state index is 0.132. The molecule has 1 N–H and O–H groups in total. The molecule has 0 aliphatic heterocycles. The van der Waals surface area contributed by atoms with Gasteiger partial charge in [0.1, 0.15) is 5.01 Å². The molecule has 8 nitrogen and oxygen atoms in total. The molecule has 3 rings (SSSR count). The van der Waals surface area contributed by atoms with E-state index in [-0.39, 0.29) is 11.3 Å². The second kappa shape index (κ2) is 9.15. The molecule has 0 saturated heterocycles. The van der Waals surface area contributed by atoms with Gasteiger partial charge in [0.25, 0.3) is 5.91 Å². The van der Waals surface area contributed by atoms with Gasteiger partial charge in [-0.2, -0.15) is 5.26 Å². The molecular formula is C21H17N3O5S. The Labute approximate surface area is 176 Å². The van der Waals surface area contributed by atoms with Crippen LogP contribution in [0.15, 0.2) is 46.4 Å². The highest BCUT2D eigenvalue weighted by atomic mass is 32.1. The third-order valence-electron chi connectivity index (χ3n) is 4.15. The lowest BCUT2D eigenvalue weighted by Crippen LogP contribution is -2.20. The first-order valence-corrected chi connectivity index (χ1v) is 9.74. The summed E-state index contributed by atoms with van der Waals surface area (Å²) in [6.07, 6.45) is 1.38. The zero-order valence-electron chi connectivity index (χ0n) is 16.2. The molecule has 0 saturated carbocycles. The number of benzene rings is 1. The highest BCUT2D eigenvalue weighted by Crippen LogP contribution is 2.22. The van der Waals surface area contributed by atoms with Crippen LogP contribution in [-0.4, -0.2) is 29.3 Å². The number of nitrogens with zero attached hydrogens (tertiary/aromatic N) is 2. The Kier molecular flexibility index (Phi) is 6.39. The number of ketones is 1. The van der Waals surface area contributed by atoms with Crippen LogP contribution < -0.4 is 5.32 Å². The zero-order chi connectivity index (χ0) is 21.7. The van der Waals surface area contributed by atoms with Gasteiger partial charge in [-0.3, -0.25) is 9.59 Å². The number of Topliss-reactive ketones (excluding diaryl/α,β-unsaturated/α-hetero) is 1. The van der Waals surface area contributed by atoms with E-state index in [1.54, 1.807) is 31.4 Å². The van der Waals surface area contributed by atoms with Crippen LogP contribution in [0.1, 0.15) is 43.1 Å². The Hall–Kier alpha value is -3.77. The molecule has 152 valence electrons. The van der Waals surface area contributed by atoms with Crippen LogP contribution in [0.4, 0.5) is 5.69 Å². The van der Waals surface area contributed by atoms with E-state index < -0.39 is 30.2 Å². The van der Waals surface area contributed by atoms with E-state index in [9.17, 15) is 19.6 Å². The summed E-state index contributed by atoms with van der Waals surface area (Å²) < 4.78 is 10.1. The summed E-state index contributed by atoms with van der Waals surface area (Å²) in [5, 5.41) is 14.1. The summed E-state index contributed by atoms with van der Waals surface area (Å²) in [5.74, 6) is -2.72. The van der Waals surface area contributed by atoms with Gasteiger partial charge in [-0.25, -0.2) is 9.78 Å². The van der Waals surface area contributed by atoms with Crippen molar-refractivity contribution < 1.29 is 23.5 Å². The fourth-order valence-electron chi connectivity index (χ4n) is 2.55. The number of hydrogen-bond acceptors (Lipinski definition) is 8. The Bertz CT molecular complexity index is 1130. The number of aromatic nitrogens is 1. The van der Waals surface area contributed by atoms with Crippen LogP contribution in [0.25, 0.3) is 0 Å². The van der Waals surface area contributed by atoms with Gasteiger partial charge in [-0.05, 0) is 43.7 Å². The number of furan rings is 1. The number of anilines is 1. The molecule has 30 heavy (non-hydrogen) atoms. The van der Waals surface area contributed by atoms with E-state index in [4.69, 9.17) is 9.15 Å². The average Bonchev–Trinajstić information content (AvgIpc) is 3.40. The van der Waals surface area contributed by atoms with E-state index >= 15 is 0 Å². The molecule has 1 unspecified atom stereocenters. The van der Waals surface area contributed by atoms with Crippen molar-refractivity contribution in [3.63, 3.8) is 0 Å².